The summed E-state index contributed by atoms with van der Waals surface area (Å²) in [4.78, 5) is 24.6. The number of carbonyl (C=O) groups excluding carboxylic acids is 2. The molecule has 0 aromatic heterocycles. The fraction of sp³-hybridized carbons (Fsp3) is 0.364. The van der Waals surface area contributed by atoms with E-state index in [0.717, 1.165) is 24.8 Å². The molecule has 8 nitrogen and oxygen atoms in total. The number of piperidine rings is 1. The summed E-state index contributed by atoms with van der Waals surface area (Å²) in [5, 5.41) is 5.21. The van der Waals surface area contributed by atoms with E-state index in [1.807, 2.05) is 19.1 Å². The Kier molecular flexibility index (Phi) is 7.29. The largest absolute Gasteiger partial charge is 0.495 e. The minimum absolute atomic E-state index is 0.0126. The van der Waals surface area contributed by atoms with Crippen LogP contribution in [0, 0.1) is 6.92 Å². The first-order valence-electron chi connectivity index (χ1n) is 10.1. The second-order valence-corrected chi connectivity index (χ2v) is 9.28. The van der Waals surface area contributed by atoms with E-state index in [1.54, 1.807) is 18.2 Å². The zero-order chi connectivity index (χ0) is 22.4. The molecule has 166 valence electrons. The minimum Gasteiger partial charge on any atom is -0.495 e. The highest BCUT2D eigenvalue weighted by Crippen LogP contribution is 2.31. The van der Waals surface area contributed by atoms with Crippen molar-refractivity contribution >= 4 is 27.5 Å². The quantitative estimate of drug-likeness (QED) is 0.682. The van der Waals surface area contributed by atoms with Crippen molar-refractivity contribution in [2.45, 2.75) is 31.1 Å². The van der Waals surface area contributed by atoms with Gasteiger partial charge in [0.05, 0.1) is 13.7 Å². The maximum absolute atomic E-state index is 13.1. The van der Waals surface area contributed by atoms with Gasteiger partial charge in [-0.2, -0.15) is 4.31 Å². The number of nitrogens with one attached hydrogen (secondary N) is 2. The number of hydrogen-bond acceptors (Lipinski definition) is 5. The van der Waals surface area contributed by atoms with Crippen LogP contribution in [0.25, 0.3) is 0 Å². The highest BCUT2D eigenvalue weighted by atomic mass is 32.2. The summed E-state index contributed by atoms with van der Waals surface area (Å²) in [6, 6.07) is 11.6. The van der Waals surface area contributed by atoms with Crippen LogP contribution >= 0.6 is 0 Å². The Labute approximate surface area is 182 Å². The molecule has 2 amide bonds. The average molecular weight is 446 g/mol. The smallest absolute Gasteiger partial charge is 0.251 e. The molecular formula is C22H27N3O5S. The molecule has 1 saturated heterocycles. The summed E-state index contributed by atoms with van der Waals surface area (Å²) in [7, 11) is -2.34. The van der Waals surface area contributed by atoms with E-state index in [9.17, 15) is 18.0 Å². The SMILES string of the molecule is COc1ccc(NC(=O)CNC(=O)c2ccccc2C)cc1S(=O)(=O)N1CCCCC1. The van der Waals surface area contributed by atoms with Gasteiger partial charge in [-0.3, -0.25) is 9.59 Å². The van der Waals surface area contributed by atoms with Gasteiger partial charge in [0.2, 0.25) is 15.9 Å². The minimum atomic E-state index is -3.74. The number of methoxy groups -OCH3 is 1. The predicted octanol–water partition coefficient (Wildman–Crippen LogP) is 2.55. The Morgan fingerprint density at radius 2 is 1.77 bits per heavy atom. The molecule has 2 aromatic rings. The normalized spacial score (nSPS) is 14.6. The van der Waals surface area contributed by atoms with Crippen molar-refractivity contribution in [1.82, 2.24) is 9.62 Å². The number of rotatable bonds is 7. The van der Waals surface area contributed by atoms with E-state index in [0.29, 0.717) is 24.3 Å². The van der Waals surface area contributed by atoms with Crippen molar-refractivity contribution in [1.29, 1.82) is 0 Å². The van der Waals surface area contributed by atoms with E-state index in [4.69, 9.17) is 4.74 Å². The van der Waals surface area contributed by atoms with Gasteiger partial charge < -0.3 is 15.4 Å². The number of hydrogen-bond donors (Lipinski definition) is 2. The molecule has 2 N–H and O–H groups in total. The van der Waals surface area contributed by atoms with Gasteiger partial charge in [-0.25, -0.2) is 8.42 Å². The maximum atomic E-state index is 13.1. The fourth-order valence-corrected chi connectivity index (χ4v) is 5.19. The molecule has 1 fully saturated rings. The van der Waals surface area contributed by atoms with E-state index in [-0.39, 0.29) is 23.1 Å². The predicted molar refractivity (Wildman–Crippen MR) is 118 cm³/mol. The molecule has 0 atom stereocenters. The molecule has 0 bridgehead atoms. The molecule has 0 saturated carbocycles. The lowest BCUT2D eigenvalue weighted by Crippen LogP contribution is -2.36. The third-order valence-corrected chi connectivity index (χ3v) is 7.10. The Morgan fingerprint density at radius 3 is 2.45 bits per heavy atom. The Morgan fingerprint density at radius 1 is 1.06 bits per heavy atom. The number of amides is 2. The van der Waals surface area contributed by atoms with E-state index >= 15 is 0 Å². The summed E-state index contributed by atoms with van der Waals surface area (Å²) in [6.07, 6.45) is 2.64. The summed E-state index contributed by atoms with van der Waals surface area (Å²) >= 11 is 0. The topological polar surface area (TPSA) is 105 Å². The molecule has 0 radical (unpaired) electrons. The molecule has 0 unspecified atom stereocenters. The van der Waals surface area contributed by atoms with Crippen LogP contribution in [0.4, 0.5) is 5.69 Å². The third-order valence-electron chi connectivity index (χ3n) is 5.18. The lowest BCUT2D eigenvalue weighted by molar-refractivity contribution is -0.115. The first kappa shape index (κ1) is 22.8. The standard InChI is InChI=1S/C22H27N3O5S/c1-16-8-4-5-9-18(16)22(27)23-15-21(26)24-17-10-11-19(30-2)20(14-17)31(28,29)25-12-6-3-7-13-25/h4-5,8-11,14H,3,6-7,12-13,15H2,1-2H3,(H,23,27)(H,24,26). The molecule has 9 heteroatoms. The second-order valence-electron chi connectivity index (χ2n) is 7.38. The molecule has 3 rings (SSSR count). The van der Waals surface area contributed by atoms with Crippen molar-refractivity contribution < 1.29 is 22.7 Å². The number of sulfonamides is 1. The summed E-state index contributed by atoms with van der Waals surface area (Å²) in [6.45, 7) is 2.50. The van der Waals surface area contributed by atoms with Crippen molar-refractivity contribution in [3.8, 4) is 5.75 Å². The number of aryl methyl sites for hydroxylation is 1. The molecule has 0 spiro atoms. The van der Waals surface area contributed by atoms with Crippen LogP contribution in [-0.4, -0.2) is 51.3 Å². The van der Waals surface area contributed by atoms with Crippen molar-refractivity contribution in [3.63, 3.8) is 0 Å². The van der Waals surface area contributed by atoms with E-state index < -0.39 is 15.9 Å². The maximum Gasteiger partial charge on any atom is 0.251 e. The van der Waals surface area contributed by atoms with Crippen molar-refractivity contribution in [3.05, 3.63) is 53.6 Å². The third kappa shape index (κ3) is 5.42. The van der Waals surface area contributed by atoms with Gasteiger partial charge in [0.15, 0.2) is 0 Å². The number of carbonyl (C=O) groups is 2. The van der Waals surface area contributed by atoms with Gasteiger partial charge in [0.25, 0.3) is 5.91 Å². The van der Waals surface area contributed by atoms with Crippen molar-refractivity contribution in [2.75, 3.05) is 32.1 Å². The molecular weight excluding hydrogens is 418 g/mol. The van der Waals surface area contributed by atoms with E-state index in [2.05, 4.69) is 10.6 Å². The Bertz CT molecular complexity index is 1060. The van der Waals surface area contributed by atoms with Crippen LogP contribution in [0.15, 0.2) is 47.4 Å². The molecule has 1 aliphatic heterocycles. The van der Waals surface area contributed by atoms with Crippen LogP contribution < -0.4 is 15.4 Å². The van der Waals surface area contributed by atoms with Gasteiger partial charge in [-0.05, 0) is 49.6 Å². The fourth-order valence-electron chi connectivity index (χ4n) is 3.49. The second kappa shape index (κ2) is 9.93. The van der Waals surface area contributed by atoms with Gasteiger partial charge in [-0.1, -0.05) is 24.6 Å². The molecule has 31 heavy (non-hydrogen) atoms. The Hall–Kier alpha value is -2.91. The first-order chi connectivity index (χ1) is 14.8. The average Bonchev–Trinajstić information content (AvgIpc) is 2.78. The molecule has 1 heterocycles. The lowest BCUT2D eigenvalue weighted by atomic mass is 10.1. The summed E-state index contributed by atoms with van der Waals surface area (Å²) in [5.74, 6) is -0.596. The number of ether oxygens (including phenoxy) is 1. The number of benzene rings is 2. The van der Waals surface area contributed by atoms with Gasteiger partial charge in [-0.15, -0.1) is 0 Å². The zero-order valence-corrected chi connectivity index (χ0v) is 18.5. The first-order valence-corrected chi connectivity index (χ1v) is 11.6. The van der Waals surface area contributed by atoms with Gasteiger partial charge in [0, 0.05) is 24.3 Å². The zero-order valence-electron chi connectivity index (χ0n) is 17.7. The highest BCUT2D eigenvalue weighted by Gasteiger charge is 2.29. The molecule has 0 aliphatic carbocycles. The van der Waals surface area contributed by atoms with Crippen LogP contribution in [0.3, 0.4) is 0 Å². The van der Waals surface area contributed by atoms with Gasteiger partial charge >= 0.3 is 0 Å². The summed E-state index contributed by atoms with van der Waals surface area (Å²) in [5.41, 5.74) is 1.62. The molecule has 2 aromatic carbocycles. The lowest BCUT2D eigenvalue weighted by Gasteiger charge is -2.26. The van der Waals surface area contributed by atoms with Crippen LogP contribution in [-0.2, 0) is 14.8 Å². The van der Waals surface area contributed by atoms with Crippen molar-refractivity contribution in [2.24, 2.45) is 0 Å². The van der Waals surface area contributed by atoms with Crippen LogP contribution in [0.2, 0.25) is 0 Å². The Balaban J connectivity index is 1.70. The van der Waals surface area contributed by atoms with E-state index in [1.165, 1.54) is 23.5 Å². The number of nitrogens with zero attached hydrogens (tertiary/aromatic N) is 1. The summed E-state index contributed by atoms with van der Waals surface area (Å²) < 4.78 is 32.9. The van der Waals surface area contributed by atoms with Crippen LogP contribution in [0.1, 0.15) is 35.2 Å². The highest BCUT2D eigenvalue weighted by molar-refractivity contribution is 7.89. The molecule has 1 aliphatic rings. The monoisotopic (exact) mass is 445 g/mol. The van der Waals surface area contributed by atoms with Gasteiger partial charge in [0.1, 0.15) is 10.6 Å². The van der Waals surface area contributed by atoms with Crippen LogP contribution in [0.5, 0.6) is 5.75 Å². The number of anilines is 1.